The number of amides is 1. The van der Waals surface area contributed by atoms with E-state index >= 15 is 0 Å². The fourth-order valence-corrected chi connectivity index (χ4v) is 3.18. The number of hydrogen-bond donors (Lipinski definition) is 0. The van der Waals surface area contributed by atoms with E-state index in [1.807, 2.05) is 44.2 Å². The van der Waals surface area contributed by atoms with Crippen LogP contribution in [0.4, 0.5) is 0 Å². The summed E-state index contributed by atoms with van der Waals surface area (Å²) < 4.78 is 5.49. The Balaban J connectivity index is 2.05. The molecule has 1 amide bonds. The quantitative estimate of drug-likeness (QED) is 0.583. The van der Waals surface area contributed by atoms with Gasteiger partial charge in [-0.05, 0) is 25.5 Å². The van der Waals surface area contributed by atoms with Gasteiger partial charge in [-0.2, -0.15) is 0 Å². The average Bonchev–Trinajstić information content (AvgIpc) is 2.59. The smallest absolute Gasteiger partial charge is 0.317 e. The lowest BCUT2D eigenvalue weighted by molar-refractivity contribution is -0.157. The second-order valence-corrected chi connectivity index (χ2v) is 7.09. The van der Waals surface area contributed by atoms with Gasteiger partial charge in [-0.15, -0.1) is 11.8 Å². The number of benzene rings is 2. The molecule has 0 aromatic heterocycles. The van der Waals surface area contributed by atoms with Crippen LogP contribution in [0.2, 0.25) is 0 Å². The predicted octanol–water partition coefficient (Wildman–Crippen LogP) is 3.77. The van der Waals surface area contributed by atoms with Crippen molar-refractivity contribution in [1.29, 1.82) is 0 Å². The van der Waals surface area contributed by atoms with Gasteiger partial charge in [0.2, 0.25) is 6.10 Å². The van der Waals surface area contributed by atoms with Gasteiger partial charge >= 0.3 is 5.97 Å². The Hall–Kier alpha value is -2.27. The van der Waals surface area contributed by atoms with Crippen LogP contribution < -0.4 is 0 Å². The van der Waals surface area contributed by atoms with E-state index in [9.17, 15) is 9.59 Å². The Morgan fingerprint density at radius 2 is 1.76 bits per heavy atom. The second-order valence-electron chi connectivity index (χ2n) is 6.07. The van der Waals surface area contributed by atoms with E-state index < -0.39 is 12.1 Å². The van der Waals surface area contributed by atoms with E-state index in [1.54, 1.807) is 26.2 Å². The fourth-order valence-electron chi connectivity index (χ4n) is 2.39. The first kappa shape index (κ1) is 19.1. The highest BCUT2D eigenvalue weighted by Crippen LogP contribution is 2.25. The zero-order chi connectivity index (χ0) is 18.4. The average molecular weight is 357 g/mol. The minimum absolute atomic E-state index is 0.161. The molecule has 132 valence electrons. The molecule has 0 saturated heterocycles. The number of esters is 1. The minimum atomic E-state index is -0.914. The van der Waals surface area contributed by atoms with Gasteiger partial charge in [0.15, 0.2) is 0 Å². The molecule has 0 aliphatic rings. The molecule has 25 heavy (non-hydrogen) atoms. The summed E-state index contributed by atoms with van der Waals surface area (Å²) in [6, 6.07) is 15.2. The number of carbonyl (C=O) groups excluding carboxylic acids is 2. The molecule has 0 spiro atoms. The van der Waals surface area contributed by atoms with Crippen LogP contribution in [-0.4, -0.2) is 36.6 Å². The number of nitrogens with zero attached hydrogens (tertiary/aromatic N) is 1. The summed E-state index contributed by atoms with van der Waals surface area (Å²) in [4.78, 5) is 27.2. The molecule has 0 heterocycles. The molecule has 0 N–H and O–H groups in total. The highest BCUT2D eigenvalue weighted by Gasteiger charge is 2.26. The van der Waals surface area contributed by atoms with Crippen molar-refractivity contribution >= 4 is 23.6 Å². The monoisotopic (exact) mass is 357 g/mol. The SMILES string of the molecule is Cc1ccc(SCC(=O)O[C@@H](C(=O)N(C)C)c2ccccc2)c(C)c1. The van der Waals surface area contributed by atoms with Crippen LogP contribution in [0.3, 0.4) is 0 Å². The van der Waals surface area contributed by atoms with Gasteiger partial charge in [-0.1, -0.05) is 48.0 Å². The maximum absolute atomic E-state index is 12.4. The Bertz CT molecular complexity index is 744. The molecular weight excluding hydrogens is 334 g/mol. The third kappa shape index (κ3) is 5.36. The van der Waals surface area contributed by atoms with Crippen molar-refractivity contribution in [3.05, 3.63) is 65.2 Å². The van der Waals surface area contributed by atoms with Crippen LogP contribution in [0, 0.1) is 13.8 Å². The first-order chi connectivity index (χ1) is 11.9. The highest BCUT2D eigenvalue weighted by molar-refractivity contribution is 8.00. The lowest BCUT2D eigenvalue weighted by atomic mass is 10.1. The van der Waals surface area contributed by atoms with Crippen molar-refractivity contribution in [2.45, 2.75) is 24.8 Å². The van der Waals surface area contributed by atoms with Crippen LogP contribution in [0.25, 0.3) is 0 Å². The molecule has 0 fully saturated rings. The third-order valence-electron chi connectivity index (χ3n) is 3.69. The van der Waals surface area contributed by atoms with Crippen LogP contribution in [0.5, 0.6) is 0 Å². The maximum atomic E-state index is 12.4. The summed E-state index contributed by atoms with van der Waals surface area (Å²) >= 11 is 1.42. The van der Waals surface area contributed by atoms with Gasteiger partial charge in [-0.3, -0.25) is 9.59 Å². The predicted molar refractivity (Wildman–Crippen MR) is 101 cm³/mol. The van der Waals surface area contributed by atoms with Crippen LogP contribution in [0.1, 0.15) is 22.8 Å². The second kappa shape index (κ2) is 8.72. The first-order valence-corrected chi connectivity index (χ1v) is 9.02. The van der Waals surface area contributed by atoms with Crippen LogP contribution in [0.15, 0.2) is 53.4 Å². The maximum Gasteiger partial charge on any atom is 0.317 e. The zero-order valence-electron chi connectivity index (χ0n) is 15.0. The van der Waals surface area contributed by atoms with Crippen molar-refractivity contribution in [3.63, 3.8) is 0 Å². The van der Waals surface area contributed by atoms with Gasteiger partial charge in [0.25, 0.3) is 5.91 Å². The molecule has 4 nitrogen and oxygen atoms in total. The largest absolute Gasteiger partial charge is 0.447 e. The van der Waals surface area contributed by atoms with Crippen molar-refractivity contribution in [2.75, 3.05) is 19.8 Å². The molecule has 0 aliphatic heterocycles. The molecule has 0 bridgehead atoms. The summed E-state index contributed by atoms with van der Waals surface area (Å²) in [7, 11) is 3.30. The van der Waals surface area contributed by atoms with Gasteiger partial charge < -0.3 is 9.64 Å². The summed E-state index contributed by atoms with van der Waals surface area (Å²) in [5.74, 6) is -0.501. The number of carbonyl (C=O) groups is 2. The number of likely N-dealkylation sites (N-methyl/N-ethyl adjacent to an activating group) is 1. The van der Waals surface area contributed by atoms with Gasteiger partial charge in [0, 0.05) is 24.6 Å². The number of hydrogen-bond acceptors (Lipinski definition) is 4. The molecule has 0 saturated carbocycles. The number of thioether (sulfide) groups is 1. The summed E-state index contributed by atoms with van der Waals surface area (Å²) in [6.07, 6.45) is -0.914. The van der Waals surface area contributed by atoms with E-state index in [1.165, 1.54) is 22.2 Å². The summed E-state index contributed by atoms with van der Waals surface area (Å²) in [5.41, 5.74) is 2.98. The van der Waals surface area contributed by atoms with Crippen molar-refractivity contribution in [3.8, 4) is 0 Å². The Morgan fingerprint density at radius 3 is 2.36 bits per heavy atom. The molecule has 1 atom stereocenters. The van der Waals surface area contributed by atoms with Crippen molar-refractivity contribution in [1.82, 2.24) is 4.90 Å². The summed E-state index contributed by atoms with van der Waals surface area (Å²) in [6.45, 7) is 4.05. The Kier molecular flexibility index (Phi) is 6.65. The van der Waals surface area contributed by atoms with E-state index in [0.29, 0.717) is 5.56 Å². The molecule has 5 heteroatoms. The summed E-state index contributed by atoms with van der Waals surface area (Å²) in [5, 5.41) is 0. The number of ether oxygens (including phenoxy) is 1. The van der Waals surface area contributed by atoms with Gasteiger partial charge in [-0.25, -0.2) is 0 Å². The number of rotatable bonds is 6. The third-order valence-corrected chi connectivity index (χ3v) is 4.84. The molecule has 0 aliphatic carbocycles. The molecule has 0 radical (unpaired) electrons. The Labute approximate surface area is 153 Å². The van der Waals surface area contributed by atoms with Crippen molar-refractivity contribution < 1.29 is 14.3 Å². The molecule has 0 unspecified atom stereocenters. The normalized spacial score (nSPS) is 11.7. The first-order valence-electron chi connectivity index (χ1n) is 8.04. The molecule has 2 aromatic carbocycles. The van der Waals surface area contributed by atoms with Crippen LogP contribution in [-0.2, 0) is 14.3 Å². The van der Waals surface area contributed by atoms with Crippen LogP contribution >= 0.6 is 11.8 Å². The van der Waals surface area contributed by atoms with E-state index in [0.717, 1.165) is 10.5 Å². The molecule has 2 rings (SSSR count). The zero-order valence-corrected chi connectivity index (χ0v) is 15.8. The topological polar surface area (TPSA) is 46.6 Å². The number of aryl methyl sites for hydroxylation is 2. The lowest BCUT2D eigenvalue weighted by Gasteiger charge is -2.21. The standard InChI is InChI=1S/C20H23NO3S/c1-14-10-11-17(15(2)12-14)25-13-18(22)24-19(20(23)21(3)4)16-8-6-5-7-9-16/h5-12,19H,13H2,1-4H3/t19-/m1/s1. The minimum Gasteiger partial charge on any atom is -0.447 e. The molecule has 2 aromatic rings. The van der Waals surface area contributed by atoms with Crippen molar-refractivity contribution in [2.24, 2.45) is 0 Å². The molecular formula is C20H23NO3S. The van der Waals surface area contributed by atoms with E-state index in [-0.39, 0.29) is 11.7 Å². The van der Waals surface area contributed by atoms with Gasteiger partial charge in [0.05, 0.1) is 5.75 Å². The van der Waals surface area contributed by atoms with Gasteiger partial charge in [0.1, 0.15) is 0 Å². The highest BCUT2D eigenvalue weighted by atomic mass is 32.2. The van der Waals surface area contributed by atoms with E-state index in [4.69, 9.17) is 4.74 Å². The Morgan fingerprint density at radius 1 is 1.08 bits per heavy atom. The van der Waals surface area contributed by atoms with E-state index in [2.05, 4.69) is 6.07 Å². The fraction of sp³-hybridized carbons (Fsp3) is 0.300. The lowest BCUT2D eigenvalue weighted by Crippen LogP contribution is -2.31.